The zero-order valence-corrected chi connectivity index (χ0v) is 11.7. The Balaban J connectivity index is 1.99. The van der Waals surface area contributed by atoms with Crippen LogP contribution < -0.4 is 5.32 Å². The van der Waals surface area contributed by atoms with Crippen molar-refractivity contribution in [2.24, 2.45) is 5.92 Å². The summed E-state index contributed by atoms with van der Waals surface area (Å²) in [7, 11) is 0. The van der Waals surface area contributed by atoms with Crippen LogP contribution in [-0.4, -0.2) is 22.8 Å². The van der Waals surface area contributed by atoms with Gasteiger partial charge in [0.2, 0.25) is 0 Å². The van der Waals surface area contributed by atoms with Gasteiger partial charge in [0, 0.05) is 22.6 Å². The van der Waals surface area contributed by atoms with Crippen LogP contribution in [0.3, 0.4) is 0 Å². The van der Waals surface area contributed by atoms with Crippen LogP contribution >= 0.6 is 27.5 Å². The second-order valence-electron chi connectivity index (χ2n) is 4.29. The van der Waals surface area contributed by atoms with Gasteiger partial charge < -0.3 is 5.32 Å². The molecule has 3 nitrogen and oxygen atoms in total. The van der Waals surface area contributed by atoms with Crippen LogP contribution in [0.2, 0.25) is 0 Å². The summed E-state index contributed by atoms with van der Waals surface area (Å²) in [6.45, 7) is 0. The van der Waals surface area contributed by atoms with Crippen molar-refractivity contribution < 1.29 is 4.79 Å². The Morgan fingerprint density at radius 3 is 3.00 bits per heavy atom. The second-order valence-corrected chi connectivity index (χ2v) is 5.51. The molecule has 5 heteroatoms. The third-order valence-corrected chi connectivity index (χ3v) is 4.00. The normalized spacial score (nSPS) is 23.6. The van der Waals surface area contributed by atoms with E-state index < -0.39 is 0 Å². The number of carbonyl (C=O) groups excluding carboxylic acids is 1. The molecular weight excluding hydrogens is 304 g/mol. The van der Waals surface area contributed by atoms with Gasteiger partial charge in [-0.3, -0.25) is 4.79 Å². The summed E-state index contributed by atoms with van der Waals surface area (Å²) < 4.78 is 0.869. The van der Waals surface area contributed by atoms with E-state index in [0.717, 1.165) is 23.7 Å². The Morgan fingerprint density at radius 2 is 2.35 bits per heavy atom. The zero-order valence-electron chi connectivity index (χ0n) is 9.33. The van der Waals surface area contributed by atoms with Crippen LogP contribution in [-0.2, 0) is 0 Å². The van der Waals surface area contributed by atoms with E-state index >= 15 is 0 Å². The highest BCUT2D eigenvalue weighted by Crippen LogP contribution is 2.26. The Hall–Kier alpha value is -0.610. The van der Waals surface area contributed by atoms with E-state index in [1.54, 1.807) is 12.3 Å². The molecule has 1 aromatic heterocycles. The first kappa shape index (κ1) is 12.8. The number of aromatic nitrogens is 1. The number of rotatable bonds is 3. The summed E-state index contributed by atoms with van der Waals surface area (Å²) >= 11 is 9.17. The summed E-state index contributed by atoms with van der Waals surface area (Å²) in [4.78, 5) is 16.0. The number of carbonyl (C=O) groups is 1. The molecule has 1 heterocycles. The number of hydrogen-bond donors (Lipinski definition) is 1. The van der Waals surface area contributed by atoms with Gasteiger partial charge in [-0.05, 0) is 46.8 Å². The van der Waals surface area contributed by atoms with Gasteiger partial charge in [-0.15, -0.1) is 11.6 Å². The molecule has 2 atom stereocenters. The lowest BCUT2D eigenvalue weighted by Crippen LogP contribution is -2.38. The predicted octanol–water partition coefficient (Wildman–Crippen LogP) is 2.98. The van der Waals surface area contributed by atoms with Crippen molar-refractivity contribution in [2.75, 3.05) is 5.88 Å². The van der Waals surface area contributed by atoms with E-state index in [0.29, 0.717) is 17.5 Å². The number of nitrogens with zero attached hydrogens (tertiary/aromatic N) is 1. The van der Waals surface area contributed by atoms with Crippen molar-refractivity contribution in [3.8, 4) is 0 Å². The Kier molecular flexibility index (Phi) is 4.40. The van der Waals surface area contributed by atoms with Crippen LogP contribution in [0.25, 0.3) is 0 Å². The molecule has 1 aliphatic carbocycles. The molecule has 1 fully saturated rings. The van der Waals surface area contributed by atoms with Gasteiger partial charge in [-0.1, -0.05) is 6.42 Å². The zero-order chi connectivity index (χ0) is 12.3. The number of hydrogen-bond acceptors (Lipinski definition) is 2. The summed E-state index contributed by atoms with van der Waals surface area (Å²) in [5.41, 5.74) is 0.452. The Bertz CT molecular complexity index is 396. The first-order valence-corrected chi connectivity index (χ1v) is 7.02. The van der Waals surface area contributed by atoms with E-state index in [-0.39, 0.29) is 11.9 Å². The van der Waals surface area contributed by atoms with Crippen molar-refractivity contribution in [3.05, 3.63) is 28.5 Å². The Labute approximate surface area is 114 Å². The van der Waals surface area contributed by atoms with Gasteiger partial charge >= 0.3 is 0 Å². The van der Waals surface area contributed by atoms with Crippen LogP contribution in [0.1, 0.15) is 29.8 Å². The van der Waals surface area contributed by atoms with Crippen LogP contribution in [0.5, 0.6) is 0 Å². The minimum Gasteiger partial charge on any atom is -0.348 e. The first-order valence-electron chi connectivity index (χ1n) is 5.69. The van der Waals surface area contributed by atoms with Crippen molar-refractivity contribution in [3.63, 3.8) is 0 Å². The molecule has 0 spiro atoms. The fourth-order valence-electron chi connectivity index (χ4n) is 2.16. The standard InChI is InChI=1S/C12H14BrClN2O/c13-9-4-5-11(15-7-9)12(17)16-10-3-1-2-8(10)6-14/h4-5,7-8,10H,1-3,6H2,(H,16,17). The van der Waals surface area contributed by atoms with E-state index in [1.807, 2.05) is 6.07 Å². The molecule has 1 aliphatic rings. The summed E-state index contributed by atoms with van der Waals surface area (Å²) in [6, 6.07) is 3.73. The number of halogens is 2. The van der Waals surface area contributed by atoms with Gasteiger partial charge in [0.25, 0.3) is 5.91 Å². The molecule has 2 unspecified atom stereocenters. The fraction of sp³-hybridized carbons (Fsp3) is 0.500. The van der Waals surface area contributed by atoms with Gasteiger partial charge in [0.1, 0.15) is 5.69 Å². The van der Waals surface area contributed by atoms with Gasteiger partial charge in [-0.2, -0.15) is 0 Å². The smallest absolute Gasteiger partial charge is 0.270 e. The third-order valence-electron chi connectivity index (χ3n) is 3.13. The van der Waals surface area contributed by atoms with E-state index in [2.05, 4.69) is 26.2 Å². The molecule has 1 amide bonds. The lowest BCUT2D eigenvalue weighted by atomic mass is 10.1. The highest BCUT2D eigenvalue weighted by molar-refractivity contribution is 9.10. The predicted molar refractivity (Wildman–Crippen MR) is 71.3 cm³/mol. The minimum atomic E-state index is -0.112. The quantitative estimate of drug-likeness (QED) is 0.871. The van der Waals surface area contributed by atoms with Crippen LogP contribution in [0, 0.1) is 5.92 Å². The molecule has 1 aromatic rings. The van der Waals surface area contributed by atoms with Gasteiger partial charge in [0.15, 0.2) is 0 Å². The molecule has 0 saturated heterocycles. The maximum absolute atomic E-state index is 11.9. The molecule has 2 rings (SSSR count). The molecule has 92 valence electrons. The lowest BCUT2D eigenvalue weighted by molar-refractivity contribution is 0.0925. The first-order chi connectivity index (χ1) is 8.20. The van der Waals surface area contributed by atoms with E-state index in [1.165, 1.54) is 0 Å². The van der Waals surface area contributed by atoms with Crippen molar-refractivity contribution in [1.82, 2.24) is 10.3 Å². The number of nitrogens with one attached hydrogen (secondary N) is 1. The summed E-state index contributed by atoms with van der Waals surface area (Å²) in [6.07, 6.45) is 4.88. The highest BCUT2D eigenvalue weighted by Gasteiger charge is 2.28. The summed E-state index contributed by atoms with van der Waals surface area (Å²) in [5, 5.41) is 3.01. The van der Waals surface area contributed by atoms with Crippen LogP contribution in [0.15, 0.2) is 22.8 Å². The van der Waals surface area contributed by atoms with Crippen molar-refractivity contribution in [2.45, 2.75) is 25.3 Å². The van der Waals surface area contributed by atoms with Crippen molar-refractivity contribution >= 4 is 33.4 Å². The molecule has 0 radical (unpaired) electrons. The monoisotopic (exact) mass is 316 g/mol. The molecule has 17 heavy (non-hydrogen) atoms. The lowest BCUT2D eigenvalue weighted by Gasteiger charge is -2.18. The third kappa shape index (κ3) is 3.19. The minimum absolute atomic E-state index is 0.112. The molecular formula is C12H14BrClN2O. The number of alkyl halides is 1. The number of pyridine rings is 1. The topological polar surface area (TPSA) is 42.0 Å². The molecule has 0 bridgehead atoms. The summed E-state index contributed by atoms with van der Waals surface area (Å²) in [5.74, 6) is 0.897. The molecule has 0 aromatic carbocycles. The van der Waals surface area contributed by atoms with Crippen molar-refractivity contribution in [1.29, 1.82) is 0 Å². The Morgan fingerprint density at radius 1 is 1.53 bits per heavy atom. The van der Waals surface area contributed by atoms with Crippen LogP contribution in [0.4, 0.5) is 0 Å². The average Bonchev–Trinajstić information content (AvgIpc) is 2.77. The highest BCUT2D eigenvalue weighted by atomic mass is 79.9. The molecule has 1 N–H and O–H groups in total. The number of amides is 1. The second kappa shape index (κ2) is 5.83. The largest absolute Gasteiger partial charge is 0.348 e. The SMILES string of the molecule is O=C(NC1CCCC1CCl)c1ccc(Br)cn1. The van der Waals surface area contributed by atoms with Gasteiger partial charge in [0.05, 0.1) is 0 Å². The average molecular weight is 318 g/mol. The van der Waals surface area contributed by atoms with E-state index in [4.69, 9.17) is 11.6 Å². The van der Waals surface area contributed by atoms with Gasteiger partial charge in [-0.25, -0.2) is 4.98 Å². The van der Waals surface area contributed by atoms with E-state index in [9.17, 15) is 4.79 Å². The maximum Gasteiger partial charge on any atom is 0.270 e. The molecule has 1 saturated carbocycles. The fourth-order valence-corrected chi connectivity index (χ4v) is 2.77. The maximum atomic E-state index is 11.9. The molecule has 0 aliphatic heterocycles.